The summed E-state index contributed by atoms with van der Waals surface area (Å²) in [5.74, 6) is 0. The number of hydrogen-bond acceptors (Lipinski definition) is 1. The first-order valence-corrected chi connectivity index (χ1v) is 7.63. The average Bonchev–Trinajstić information content (AvgIpc) is 2.42. The second kappa shape index (κ2) is 9.16. The van der Waals surface area contributed by atoms with E-state index in [1.54, 1.807) is 0 Å². The molecule has 0 spiro atoms. The smallest absolute Gasteiger partial charge is 0.0297 e. The van der Waals surface area contributed by atoms with Crippen molar-refractivity contribution in [1.29, 1.82) is 0 Å². The van der Waals surface area contributed by atoms with Gasteiger partial charge in [-0.2, -0.15) is 0 Å². The van der Waals surface area contributed by atoms with Crippen LogP contribution in [0.4, 0.5) is 0 Å². The van der Waals surface area contributed by atoms with Crippen LogP contribution in [0.15, 0.2) is 24.3 Å². The fraction of sp³-hybridized carbons (Fsp3) is 0.647. The number of hydrogen-bond donors (Lipinski definition) is 1. The minimum Gasteiger partial charge on any atom is -0.324 e. The van der Waals surface area contributed by atoms with Crippen molar-refractivity contribution >= 4 is 0 Å². The van der Waals surface area contributed by atoms with Gasteiger partial charge in [0.2, 0.25) is 0 Å². The average molecular weight is 247 g/mol. The lowest BCUT2D eigenvalue weighted by molar-refractivity contribution is 0.545. The second-order valence-corrected chi connectivity index (χ2v) is 5.22. The van der Waals surface area contributed by atoms with E-state index in [2.05, 4.69) is 38.1 Å². The van der Waals surface area contributed by atoms with E-state index in [9.17, 15) is 0 Å². The van der Waals surface area contributed by atoms with Crippen LogP contribution in [0.3, 0.4) is 0 Å². The highest BCUT2D eigenvalue weighted by Gasteiger charge is 2.08. The summed E-state index contributed by atoms with van der Waals surface area (Å²) in [5, 5.41) is 0. The summed E-state index contributed by atoms with van der Waals surface area (Å²) >= 11 is 0. The zero-order chi connectivity index (χ0) is 13.2. The molecule has 0 amide bonds. The Morgan fingerprint density at radius 1 is 0.944 bits per heavy atom. The van der Waals surface area contributed by atoms with E-state index in [-0.39, 0.29) is 6.04 Å². The summed E-state index contributed by atoms with van der Waals surface area (Å²) in [4.78, 5) is 0. The molecule has 0 aliphatic heterocycles. The van der Waals surface area contributed by atoms with Gasteiger partial charge >= 0.3 is 0 Å². The summed E-state index contributed by atoms with van der Waals surface area (Å²) in [5.41, 5.74) is 9.08. The maximum Gasteiger partial charge on any atom is 0.0297 e. The molecular formula is C17H29N. The van der Waals surface area contributed by atoms with Gasteiger partial charge in [-0.25, -0.2) is 0 Å². The Labute approximate surface area is 113 Å². The lowest BCUT2D eigenvalue weighted by Gasteiger charge is -2.15. The van der Waals surface area contributed by atoms with E-state index in [1.165, 1.54) is 49.7 Å². The highest BCUT2D eigenvalue weighted by Crippen LogP contribution is 2.22. The van der Waals surface area contributed by atoms with Crippen LogP contribution in [0.25, 0.3) is 0 Å². The molecule has 18 heavy (non-hydrogen) atoms. The van der Waals surface area contributed by atoms with Crippen LogP contribution in [0.1, 0.15) is 76.0 Å². The van der Waals surface area contributed by atoms with Gasteiger partial charge in [0.15, 0.2) is 0 Å². The number of nitrogens with two attached hydrogens (primary N) is 1. The minimum atomic E-state index is 0.229. The molecule has 0 radical (unpaired) electrons. The Morgan fingerprint density at radius 2 is 1.61 bits per heavy atom. The van der Waals surface area contributed by atoms with E-state index < -0.39 is 0 Å². The van der Waals surface area contributed by atoms with Gasteiger partial charge in [0.1, 0.15) is 0 Å². The van der Waals surface area contributed by atoms with Crippen molar-refractivity contribution in [1.82, 2.24) is 0 Å². The van der Waals surface area contributed by atoms with Gasteiger partial charge in [-0.1, -0.05) is 76.6 Å². The third kappa shape index (κ3) is 5.22. The topological polar surface area (TPSA) is 26.0 Å². The molecule has 102 valence electrons. The molecule has 1 unspecified atom stereocenters. The maximum atomic E-state index is 6.31. The number of unbranched alkanes of at least 4 members (excludes halogenated alkanes) is 5. The quantitative estimate of drug-likeness (QED) is 0.611. The van der Waals surface area contributed by atoms with Gasteiger partial charge in [0.05, 0.1) is 0 Å². The Morgan fingerprint density at radius 3 is 2.33 bits per heavy atom. The van der Waals surface area contributed by atoms with Crippen molar-refractivity contribution in [3.8, 4) is 0 Å². The van der Waals surface area contributed by atoms with Gasteiger partial charge in [-0.15, -0.1) is 0 Å². The molecule has 0 aliphatic rings. The molecule has 0 bridgehead atoms. The van der Waals surface area contributed by atoms with Crippen LogP contribution in [0.5, 0.6) is 0 Å². The van der Waals surface area contributed by atoms with Crippen LogP contribution in [-0.2, 0) is 6.42 Å². The monoisotopic (exact) mass is 247 g/mol. The van der Waals surface area contributed by atoms with Crippen molar-refractivity contribution in [3.05, 3.63) is 35.4 Å². The van der Waals surface area contributed by atoms with Crippen molar-refractivity contribution in [3.63, 3.8) is 0 Å². The van der Waals surface area contributed by atoms with Gasteiger partial charge < -0.3 is 5.73 Å². The van der Waals surface area contributed by atoms with Crippen LogP contribution < -0.4 is 5.73 Å². The molecular weight excluding hydrogens is 218 g/mol. The lowest BCUT2D eigenvalue weighted by Crippen LogP contribution is -2.12. The van der Waals surface area contributed by atoms with Crippen molar-refractivity contribution in [2.75, 3.05) is 0 Å². The Balaban J connectivity index is 2.29. The zero-order valence-electron chi connectivity index (χ0n) is 12.1. The summed E-state index contributed by atoms with van der Waals surface area (Å²) in [6.07, 6.45) is 10.3. The van der Waals surface area contributed by atoms with E-state index in [1.807, 2.05) is 0 Å². The molecule has 1 aromatic carbocycles. The molecule has 0 aromatic heterocycles. The van der Waals surface area contributed by atoms with Gasteiger partial charge in [-0.05, 0) is 24.0 Å². The summed E-state index contributed by atoms with van der Waals surface area (Å²) in [6.45, 7) is 4.47. The van der Waals surface area contributed by atoms with Crippen LogP contribution in [0, 0.1) is 0 Å². The number of benzene rings is 1. The van der Waals surface area contributed by atoms with Gasteiger partial charge in [0.25, 0.3) is 0 Å². The van der Waals surface area contributed by atoms with E-state index in [0.717, 1.165) is 12.8 Å². The molecule has 1 atom stereocenters. The third-order valence-corrected chi connectivity index (χ3v) is 3.70. The third-order valence-electron chi connectivity index (χ3n) is 3.70. The van der Waals surface area contributed by atoms with Crippen LogP contribution >= 0.6 is 0 Å². The molecule has 0 saturated heterocycles. The molecule has 1 aromatic rings. The second-order valence-electron chi connectivity index (χ2n) is 5.22. The predicted molar refractivity (Wildman–Crippen MR) is 80.7 cm³/mol. The predicted octanol–water partition coefficient (Wildman–Crippen LogP) is 5.00. The first-order chi connectivity index (χ1) is 8.79. The largest absolute Gasteiger partial charge is 0.324 e. The molecule has 1 nitrogen and oxygen atoms in total. The minimum absolute atomic E-state index is 0.229. The van der Waals surface area contributed by atoms with Crippen LogP contribution in [-0.4, -0.2) is 0 Å². The van der Waals surface area contributed by atoms with E-state index >= 15 is 0 Å². The highest BCUT2D eigenvalue weighted by atomic mass is 14.6. The Kier molecular flexibility index (Phi) is 7.75. The number of rotatable bonds is 9. The molecule has 1 rings (SSSR count). The zero-order valence-corrected chi connectivity index (χ0v) is 12.1. The molecule has 2 N–H and O–H groups in total. The van der Waals surface area contributed by atoms with E-state index in [4.69, 9.17) is 5.73 Å². The highest BCUT2D eigenvalue weighted by molar-refractivity contribution is 5.29. The van der Waals surface area contributed by atoms with Crippen LogP contribution in [0.2, 0.25) is 0 Å². The SMILES string of the molecule is CCCCCCCCC(N)c1ccccc1CC. The summed E-state index contributed by atoms with van der Waals surface area (Å²) in [6, 6.07) is 8.85. The van der Waals surface area contributed by atoms with Gasteiger partial charge in [-0.3, -0.25) is 0 Å². The molecule has 0 heterocycles. The van der Waals surface area contributed by atoms with Crippen molar-refractivity contribution in [2.45, 2.75) is 71.3 Å². The summed E-state index contributed by atoms with van der Waals surface area (Å²) < 4.78 is 0. The first-order valence-electron chi connectivity index (χ1n) is 7.63. The molecule has 0 aliphatic carbocycles. The Bertz CT molecular complexity index is 319. The fourth-order valence-corrected chi connectivity index (χ4v) is 2.52. The molecule has 1 heteroatoms. The first kappa shape index (κ1) is 15.2. The number of aryl methyl sites for hydroxylation is 1. The fourth-order valence-electron chi connectivity index (χ4n) is 2.52. The lowest BCUT2D eigenvalue weighted by atomic mass is 9.95. The standard InChI is InChI=1S/C17H29N/c1-3-5-6-7-8-9-14-17(18)16-13-11-10-12-15(16)4-2/h10-13,17H,3-9,14,18H2,1-2H3. The van der Waals surface area contributed by atoms with E-state index in [0.29, 0.717) is 0 Å². The molecule has 0 saturated carbocycles. The normalized spacial score (nSPS) is 12.6. The van der Waals surface area contributed by atoms with Crippen molar-refractivity contribution < 1.29 is 0 Å². The summed E-state index contributed by atoms with van der Waals surface area (Å²) in [7, 11) is 0. The van der Waals surface area contributed by atoms with Crippen molar-refractivity contribution in [2.24, 2.45) is 5.73 Å². The Hall–Kier alpha value is -0.820. The van der Waals surface area contributed by atoms with Gasteiger partial charge in [0, 0.05) is 6.04 Å². The maximum absolute atomic E-state index is 6.31. The molecule has 0 fully saturated rings.